The molecular weight excluding hydrogens is 186 g/mol. The van der Waals surface area contributed by atoms with Gasteiger partial charge in [-0.05, 0) is 43.6 Å². The lowest BCUT2D eigenvalue weighted by Crippen LogP contribution is -2.35. The van der Waals surface area contributed by atoms with Crippen LogP contribution >= 0.6 is 0 Å². The highest BCUT2D eigenvalue weighted by Gasteiger charge is 2.33. The van der Waals surface area contributed by atoms with Gasteiger partial charge >= 0.3 is 0 Å². The van der Waals surface area contributed by atoms with Crippen LogP contribution < -0.4 is 4.90 Å². The molecule has 2 fully saturated rings. The lowest BCUT2D eigenvalue weighted by atomic mass is 9.92. The van der Waals surface area contributed by atoms with Gasteiger partial charge in [-0.1, -0.05) is 0 Å². The van der Waals surface area contributed by atoms with Crippen LogP contribution in [0.5, 0.6) is 0 Å². The molecule has 0 spiro atoms. The van der Waals surface area contributed by atoms with Gasteiger partial charge in [-0.15, -0.1) is 0 Å². The van der Waals surface area contributed by atoms with E-state index in [1.54, 1.807) is 0 Å². The van der Waals surface area contributed by atoms with Gasteiger partial charge < -0.3 is 4.90 Å². The molecule has 15 heavy (non-hydrogen) atoms. The zero-order valence-corrected chi connectivity index (χ0v) is 8.97. The summed E-state index contributed by atoms with van der Waals surface area (Å²) in [6.07, 6.45) is 9.29. The minimum absolute atomic E-state index is 0.909. The zero-order chi connectivity index (χ0) is 10.1. The third-order valence-electron chi connectivity index (χ3n) is 3.66. The first-order valence-electron chi connectivity index (χ1n) is 5.95. The second kappa shape index (κ2) is 3.80. The van der Waals surface area contributed by atoms with Crippen LogP contribution in [0, 0.1) is 11.8 Å². The number of hydrogen-bond donors (Lipinski definition) is 0. The average molecular weight is 203 g/mol. The van der Waals surface area contributed by atoms with Crippen molar-refractivity contribution >= 4 is 5.95 Å². The maximum Gasteiger partial charge on any atom is 0.225 e. The molecule has 2 heterocycles. The topological polar surface area (TPSA) is 29.0 Å². The maximum atomic E-state index is 4.30. The Morgan fingerprint density at radius 1 is 0.933 bits per heavy atom. The molecule has 0 bridgehead atoms. The van der Waals surface area contributed by atoms with Crippen LogP contribution in [0.3, 0.4) is 0 Å². The maximum absolute atomic E-state index is 4.30. The minimum atomic E-state index is 0.909. The highest BCUT2D eigenvalue weighted by molar-refractivity contribution is 5.28. The Hall–Kier alpha value is -1.12. The van der Waals surface area contributed by atoms with Gasteiger partial charge in [0.1, 0.15) is 0 Å². The fourth-order valence-electron chi connectivity index (χ4n) is 2.59. The third-order valence-corrected chi connectivity index (χ3v) is 3.66. The molecule has 3 nitrogen and oxygen atoms in total. The van der Waals surface area contributed by atoms with Crippen molar-refractivity contribution in [1.82, 2.24) is 9.97 Å². The summed E-state index contributed by atoms with van der Waals surface area (Å²) in [6, 6.07) is 1.88. The van der Waals surface area contributed by atoms with Gasteiger partial charge in [0.25, 0.3) is 0 Å². The van der Waals surface area contributed by atoms with E-state index in [4.69, 9.17) is 0 Å². The van der Waals surface area contributed by atoms with Crippen molar-refractivity contribution in [2.24, 2.45) is 11.8 Å². The summed E-state index contributed by atoms with van der Waals surface area (Å²) in [5, 5.41) is 0. The third kappa shape index (κ3) is 1.96. The van der Waals surface area contributed by atoms with Gasteiger partial charge in [0.05, 0.1) is 0 Å². The van der Waals surface area contributed by atoms with Crippen LogP contribution in [0.1, 0.15) is 25.7 Å². The monoisotopic (exact) mass is 203 g/mol. The van der Waals surface area contributed by atoms with E-state index in [1.165, 1.54) is 25.7 Å². The van der Waals surface area contributed by atoms with E-state index in [-0.39, 0.29) is 0 Å². The van der Waals surface area contributed by atoms with Crippen molar-refractivity contribution in [3.8, 4) is 0 Å². The zero-order valence-electron chi connectivity index (χ0n) is 8.97. The Balaban J connectivity index is 1.61. The molecule has 2 aliphatic rings. The quantitative estimate of drug-likeness (QED) is 0.737. The van der Waals surface area contributed by atoms with Crippen molar-refractivity contribution in [3.63, 3.8) is 0 Å². The fraction of sp³-hybridized carbons (Fsp3) is 0.667. The molecule has 1 saturated carbocycles. The first-order valence-corrected chi connectivity index (χ1v) is 5.95. The van der Waals surface area contributed by atoms with E-state index >= 15 is 0 Å². The molecule has 1 aromatic heterocycles. The SMILES string of the molecule is c1cnc(N2CCC(C3CC3)CC2)nc1. The summed E-state index contributed by atoms with van der Waals surface area (Å²) in [6.45, 7) is 2.29. The average Bonchev–Trinajstić information content (AvgIpc) is 3.15. The van der Waals surface area contributed by atoms with E-state index in [0.29, 0.717) is 0 Å². The standard InChI is InChI=1S/C12H17N3/c1-6-13-12(14-7-1)15-8-4-11(5-9-15)10-2-3-10/h1,6-7,10-11H,2-5,8-9H2. The van der Waals surface area contributed by atoms with Crippen LogP contribution in [0.2, 0.25) is 0 Å². The van der Waals surface area contributed by atoms with Gasteiger partial charge in [-0.2, -0.15) is 0 Å². The van der Waals surface area contributed by atoms with Crippen LogP contribution in [0.4, 0.5) is 5.95 Å². The van der Waals surface area contributed by atoms with E-state index in [2.05, 4.69) is 14.9 Å². The van der Waals surface area contributed by atoms with Crippen LogP contribution in [-0.2, 0) is 0 Å². The van der Waals surface area contributed by atoms with Gasteiger partial charge in [0.2, 0.25) is 5.95 Å². The Bertz CT molecular complexity index is 313. The van der Waals surface area contributed by atoms with Crippen molar-refractivity contribution in [2.75, 3.05) is 18.0 Å². The van der Waals surface area contributed by atoms with Crippen molar-refractivity contribution < 1.29 is 0 Å². The Labute approximate surface area is 90.5 Å². The highest BCUT2D eigenvalue weighted by atomic mass is 15.2. The highest BCUT2D eigenvalue weighted by Crippen LogP contribution is 2.41. The Morgan fingerprint density at radius 2 is 1.53 bits per heavy atom. The van der Waals surface area contributed by atoms with E-state index in [1.807, 2.05) is 18.5 Å². The molecule has 1 aliphatic carbocycles. The summed E-state index contributed by atoms with van der Waals surface area (Å²) >= 11 is 0. The molecule has 80 valence electrons. The summed E-state index contributed by atoms with van der Waals surface area (Å²) in [5.74, 6) is 2.96. The van der Waals surface area contributed by atoms with Crippen LogP contribution in [-0.4, -0.2) is 23.1 Å². The van der Waals surface area contributed by atoms with Gasteiger partial charge in [0.15, 0.2) is 0 Å². The predicted octanol–water partition coefficient (Wildman–Crippen LogP) is 2.10. The number of hydrogen-bond acceptors (Lipinski definition) is 3. The van der Waals surface area contributed by atoms with Gasteiger partial charge in [-0.3, -0.25) is 0 Å². The van der Waals surface area contributed by atoms with Crippen LogP contribution in [0.25, 0.3) is 0 Å². The number of nitrogens with zero attached hydrogens (tertiary/aromatic N) is 3. The Morgan fingerprint density at radius 3 is 2.13 bits per heavy atom. The molecule has 3 heteroatoms. The molecule has 1 aromatic rings. The number of aromatic nitrogens is 2. The predicted molar refractivity (Wildman–Crippen MR) is 59.7 cm³/mol. The Kier molecular flexibility index (Phi) is 2.31. The molecule has 0 unspecified atom stereocenters. The van der Waals surface area contributed by atoms with E-state index in [0.717, 1.165) is 30.9 Å². The smallest absolute Gasteiger partial charge is 0.225 e. The first kappa shape index (κ1) is 9.13. The lowest BCUT2D eigenvalue weighted by Gasteiger charge is -2.31. The molecule has 3 rings (SSSR count). The van der Waals surface area contributed by atoms with E-state index in [9.17, 15) is 0 Å². The molecule has 0 radical (unpaired) electrons. The largest absolute Gasteiger partial charge is 0.341 e. The fourth-order valence-corrected chi connectivity index (χ4v) is 2.59. The normalized spacial score (nSPS) is 23.1. The van der Waals surface area contributed by atoms with E-state index < -0.39 is 0 Å². The molecular formula is C12H17N3. The van der Waals surface area contributed by atoms with Crippen LogP contribution in [0.15, 0.2) is 18.5 Å². The second-order valence-corrected chi connectivity index (χ2v) is 4.71. The first-order chi connectivity index (χ1) is 7.43. The number of piperidine rings is 1. The lowest BCUT2D eigenvalue weighted by molar-refractivity contribution is 0.361. The van der Waals surface area contributed by atoms with Crippen molar-refractivity contribution in [2.45, 2.75) is 25.7 Å². The summed E-state index contributed by atoms with van der Waals surface area (Å²) in [7, 11) is 0. The van der Waals surface area contributed by atoms with Crippen molar-refractivity contribution in [3.05, 3.63) is 18.5 Å². The van der Waals surface area contributed by atoms with Gasteiger partial charge in [0, 0.05) is 25.5 Å². The molecule has 0 atom stereocenters. The minimum Gasteiger partial charge on any atom is -0.341 e. The summed E-state index contributed by atoms with van der Waals surface area (Å²) in [5.41, 5.74) is 0. The second-order valence-electron chi connectivity index (χ2n) is 4.71. The van der Waals surface area contributed by atoms with Gasteiger partial charge in [-0.25, -0.2) is 9.97 Å². The molecule has 1 saturated heterocycles. The number of anilines is 1. The number of rotatable bonds is 2. The van der Waals surface area contributed by atoms with Crippen molar-refractivity contribution in [1.29, 1.82) is 0 Å². The molecule has 0 amide bonds. The summed E-state index contributed by atoms with van der Waals surface area (Å²) in [4.78, 5) is 10.9. The molecule has 1 aliphatic heterocycles. The summed E-state index contributed by atoms with van der Waals surface area (Å²) < 4.78 is 0. The molecule has 0 aromatic carbocycles. The molecule has 0 N–H and O–H groups in total.